The largest absolute Gasteiger partial charge is 0.493 e. The molecule has 2 N–H and O–H groups in total. The molecule has 0 unspecified atom stereocenters. The van der Waals surface area contributed by atoms with Crippen LogP contribution in [0.15, 0.2) is 122 Å². The van der Waals surface area contributed by atoms with E-state index in [0.29, 0.717) is 34.2 Å². The second kappa shape index (κ2) is 17.6. The number of nitrogens with two attached hydrogens (primary N) is 1. The second-order valence-electron chi connectivity index (χ2n) is 10.9. The molecule has 4 aromatic carbocycles. The van der Waals surface area contributed by atoms with E-state index in [1.54, 1.807) is 62.0 Å². The summed E-state index contributed by atoms with van der Waals surface area (Å²) in [4.78, 5) is 18.4. The van der Waals surface area contributed by atoms with Crippen LogP contribution in [0.5, 0.6) is 34.5 Å². The molecule has 0 amide bonds. The molecule has 10 nitrogen and oxygen atoms in total. The van der Waals surface area contributed by atoms with Crippen molar-refractivity contribution in [3.63, 3.8) is 0 Å². The van der Waals surface area contributed by atoms with Gasteiger partial charge in [-0.1, -0.05) is 24.1 Å². The molecule has 6 rings (SSSR count). The Morgan fingerprint density at radius 3 is 1.92 bits per heavy atom. The van der Waals surface area contributed by atoms with E-state index in [0.717, 1.165) is 36.2 Å². The molecule has 0 saturated heterocycles. The normalized spacial score (nSPS) is 10.2. The molecule has 0 fully saturated rings. The van der Waals surface area contributed by atoms with Gasteiger partial charge in [-0.15, -0.1) is 0 Å². The molecule has 6 aromatic rings. The maximum absolute atomic E-state index is 14.0. The molecule has 2 heterocycles. The fourth-order valence-electron chi connectivity index (χ4n) is 4.70. The highest BCUT2D eigenvalue weighted by Crippen LogP contribution is 2.35. The molecule has 2 aromatic heterocycles. The minimum absolute atomic E-state index is 0.105. The Morgan fingerprint density at radius 1 is 0.673 bits per heavy atom. The van der Waals surface area contributed by atoms with Gasteiger partial charge in [-0.05, 0) is 97.1 Å². The number of ether oxygens (including phenoxy) is 4. The van der Waals surface area contributed by atoms with Gasteiger partial charge in [0.15, 0.2) is 46.1 Å². The molecule has 12 heteroatoms. The summed E-state index contributed by atoms with van der Waals surface area (Å²) in [6, 6.07) is 29.3. The lowest BCUT2D eigenvalue weighted by Crippen LogP contribution is -1.97. The molecule has 0 radical (unpaired) electrons. The van der Waals surface area contributed by atoms with Gasteiger partial charge >= 0.3 is 0 Å². The maximum atomic E-state index is 14.0. The highest BCUT2D eigenvalue weighted by molar-refractivity contribution is 5.52. The molecule has 0 aliphatic rings. The predicted molar refractivity (Wildman–Crippen MR) is 192 cm³/mol. The highest BCUT2D eigenvalue weighted by Gasteiger charge is 2.15. The van der Waals surface area contributed by atoms with E-state index in [1.807, 2.05) is 36.4 Å². The van der Waals surface area contributed by atoms with Gasteiger partial charge in [0.2, 0.25) is 0 Å². The Hall–Kier alpha value is -7.00. The lowest BCUT2D eigenvalue weighted by molar-refractivity contribution is -0.385. The Kier molecular flexibility index (Phi) is 12.3. The standard InChI is InChI=1S/C20H13FN2O4.C20H19FN2O2/c1-26-20-12-14(5-7-15-4-2-3-11-22-15)6-9-19(20)27-18-10-8-16(23(24)25)13-17(18)21;1-24-20-12-14(5-8-16-4-2-3-11-23-16)6-9-19(20)25-18-10-7-15(22)13-17(18)21/h2-4,6,8-13H,1H3;2-4,6-7,9-13H,5,8,22H2,1H3. The molecule has 52 heavy (non-hydrogen) atoms. The lowest BCUT2D eigenvalue weighted by atomic mass is 10.1. The number of hydrogen-bond donors (Lipinski definition) is 1. The van der Waals surface area contributed by atoms with E-state index in [-0.39, 0.29) is 22.9 Å². The Bertz CT molecular complexity index is 2210. The zero-order chi connectivity index (χ0) is 36.9. The third kappa shape index (κ3) is 10.0. The van der Waals surface area contributed by atoms with Crippen LogP contribution in [0.2, 0.25) is 0 Å². The number of rotatable bonds is 10. The minimum Gasteiger partial charge on any atom is -0.493 e. The molecule has 0 aliphatic heterocycles. The molecule has 0 atom stereocenters. The van der Waals surface area contributed by atoms with Crippen molar-refractivity contribution in [3.05, 3.63) is 166 Å². The monoisotopic (exact) mass is 702 g/mol. The number of pyridine rings is 2. The van der Waals surface area contributed by atoms with Crippen LogP contribution in [0, 0.1) is 33.6 Å². The third-order valence-electron chi connectivity index (χ3n) is 7.31. The lowest BCUT2D eigenvalue weighted by Gasteiger charge is -2.12. The summed E-state index contributed by atoms with van der Waals surface area (Å²) >= 11 is 0. The SMILES string of the molecule is COc1cc(C#Cc2ccccn2)ccc1Oc1ccc([N+](=O)[O-])cc1F.COc1cc(CCc2ccccn2)ccc1Oc1ccc(N)cc1F. The number of hydrogen-bond acceptors (Lipinski definition) is 9. The summed E-state index contributed by atoms with van der Waals surface area (Å²) in [5.41, 5.74) is 8.96. The van der Waals surface area contributed by atoms with Crippen LogP contribution in [-0.4, -0.2) is 29.1 Å². The van der Waals surface area contributed by atoms with Gasteiger partial charge in [-0.3, -0.25) is 15.1 Å². The Labute approximate surface area is 298 Å². The van der Waals surface area contributed by atoms with Crippen molar-refractivity contribution < 1.29 is 32.7 Å². The number of aromatic nitrogens is 2. The summed E-state index contributed by atoms with van der Waals surface area (Å²) in [7, 11) is 3.01. The fourth-order valence-corrected chi connectivity index (χ4v) is 4.70. The van der Waals surface area contributed by atoms with E-state index in [9.17, 15) is 18.9 Å². The number of nitrogen functional groups attached to an aromatic ring is 1. The van der Waals surface area contributed by atoms with Crippen molar-refractivity contribution in [2.45, 2.75) is 12.8 Å². The fraction of sp³-hybridized carbons (Fsp3) is 0.100. The predicted octanol–water partition coefficient (Wildman–Crippen LogP) is 8.72. The van der Waals surface area contributed by atoms with Crippen LogP contribution < -0.4 is 24.7 Å². The number of nitro groups is 1. The van der Waals surface area contributed by atoms with Crippen molar-refractivity contribution in [2.24, 2.45) is 0 Å². The number of nitrogens with zero attached hydrogens (tertiary/aromatic N) is 3. The summed E-state index contributed by atoms with van der Waals surface area (Å²) in [5, 5.41) is 10.7. The van der Waals surface area contributed by atoms with Crippen molar-refractivity contribution in [1.29, 1.82) is 0 Å². The number of methoxy groups -OCH3 is 2. The molecule has 0 aliphatic carbocycles. The van der Waals surface area contributed by atoms with Gasteiger partial charge in [0, 0.05) is 41.5 Å². The second-order valence-corrected chi connectivity index (χ2v) is 10.9. The zero-order valence-electron chi connectivity index (χ0n) is 28.1. The number of halogens is 2. The quantitative estimate of drug-likeness (QED) is 0.0644. The van der Waals surface area contributed by atoms with E-state index in [4.69, 9.17) is 24.7 Å². The van der Waals surface area contributed by atoms with Crippen molar-refractivity contribution >= 4 is 11.4 Å². The van der Waals surface area contributed by atoms with E-state index >= 15 is 0 Å². The van der Waals surface area contributed by atoms with Crippen LogP contribution in [0.1, 0.15) is 22.5 Å². The highest BCUT2D eigenvalue weighted by atomic mass is 19.1. The first kappa shape index (κ1) is 36.3. The van der Waals surface area contributed by atoms with Gasteiger partial charge in [0.05, 0.1) is 25.2 Å². The molecule has 262 valence electrons. The summed E-state index contributed by atoms with van der Waals surface area (Å²) in [6.45, 7) is 0. The smallest absolute Gasteiger partial charge is 0.272 e. The van der Waals surface area contributed by atoms with Crippen LogP contribution >= 0.6 is 0 Å². The van der Waals surface area contributed by atoms with Crippen LogP contribution in [0.25, 0.3) is 0 Å². The molecule has 0 saturated carbocycles. The average Bonchev–Trinajstić information content (AvgIpc) is 3.16. The first-order valence-electron chi connectivity index (χ1n) is 15.7. The van der Waals surface area contributed by atoms with Crippen molar-refractivity contribution in [1.82, 2.24) is 9.97 Å². The summed E-state index contributed by atoms with van der Waals surface area (Å²) < 4.78 is 49.7. The molecule has 0 bridgehead atoms. The zero-order valence-corrected chi connectivity index (χ0v) is 28.1. The number of non-ortho nitro benzene ring substituents is 1. The van der Waals surface area contributed by atoms with Gasteiger partial charge in [0.1, 0.15) is 5.69 Å². The topological polar surface area (TPSA) is 132 Å². The van der Waals surface area contributed by atoms with Crippen LogP contribution in [0.4, 0.5) is 20.2 Å². The maximum Gasteiger partial charge on any atom is 0.272 e. The Balaban J connectivity index is 0.000000202. The van der Waals surface area contributed by atoms with Crippen LogP contribution in [0.3, 0.4) is 0 Å². The third-order valence-corrected chi connectivity index (χ3v) is 7.31. The molecule has 0 spiro atoms. The van der Waals surface area contributed by atoms with Gasteiger partial charge in [0.25, 0.3) is 5.69 Å². The minimum atomic E-state index is -0.842. The van der Waals surface area contributed by atoms with E-state index < -0.39 is 16.6 Å². The molecular weight excluding hydrogens is 670 g/mol. The Morgan fingerprint density at radius 2 is 1.31 bits per heavy atom. The van der Waals surface area contributed by atoms with E-state index in [2.05, 4.69) is 21.8 Å². The first-order chi connectivity index (χ1) is 25.2. The number of benzene rings is 4. The van der Waals surface area contributed by atoms with Gasteiger partial charge < -0.3 is 24.7 Å². The number of nitro benzene ring substituents is 1. The molecular formula is C40H32F2N4O6. The summed E-state index contributed by atoms with van der Waals surface area (Å²) in [5.74, 6) is 6.10. The summed E-state index contributed by atoms with van der Waals surface area (Å²) in [6.07, 6.45) is 5.09. The number of anilines is 1. The number of aryl methyl sites for hydroxylation is 2. The first-order valence-corrected chi connectivity index (χ1v) is 15.7. The van der Waals surface area contributed by atoms with Gasteiger partial charge in [-0.2, -0.15) is 0 Å². The van der Waals surface area contributed by atoms with Gasteiger partial charge in [-0.25, -0.2) is 13.8 Å². The average molecular weight is 703 g/mol. The van der Waals surface area contributed by atoms with Crippen molar-refractivity contribution in [3.8, 4) is 46.3 Å². The van der Waals surface area contributed by atoms with Crippen LogP contribution in [-0.2, 0) is 12.8 Å². The van der Waals surface area contributed by atoms with E-state index in [1.165, 1.54) is 25.3 Å². The van der Waals surface area contributed by atoms with Crippen molar-refractivity contribution in [2.75, 3.05) is 20.0 Å².